The second-order valence-corrected chi connectivity index (χ2v) is 8.46. The van der Waals surface area contributed by atoms with Gasteiger partial charge in [-0.1, -0.05) is 6.42 Å². The number of fused-ring (bicyclic) bond motifs is 3. The quantitative estimate of drug-likeness (QED) is 0.512. The van der Waals surface area contributed by atoms with Crippen LogP contribution in [0.1, 0.15) is 42.7 Å². The van der Waals surface area contributed by atoms with E-state index in [1.807, 2.05) is 16.8 Å². The molecule has 2 aliphatic rings. The number of aryl methyl sites for hydroxylation is 1. The number of furan rings is 1. The van der Waals surface area contributed by atoms with E-state index in [0.717, 1.165) is 42.8 Å². The fraction of sp³-hybridized carbons (Fsp3) is 0.417. The molecular formula is C24H26N4O. The monoisotopic (exact) mass is 386 g/mol. The molecule has 0 N–H and O–H groups in total. The van der Waals surface area contributed by atoms with E-state index in [9.17, 15) is 0 Å². The summed E-state index contributed by atoms with van der Waals surface area (Å²) >= 11 is 0. The lowest BCUT2D eigenvalue weighted by Gasteiger charge is -2.25. The molecule has 1 fully saturated rings. The van der Waals surface area contributed by atoms with Crippen LogP contribution in [0.3, 0.4) is 0 Å². The Morgan fingerprint density at radius 2 is 1.90 bits per heavy atom. The molecule has 1 aliphatic heterocycles. The average molecular weight is 386 g/mol. The molecule has 0 unspecified atom stereocenters. The number of likely N-dealkylation sites (tertiary alicyclic amines) is 1. The van der Waals surface area contributed by atoms with Gasteiger partial charge < -0.3 is 9.32 Å². The van der Waals surface area contributed by atoms with Crippen LogP contribution in [0, 0.1) is 0 Å². The van der Waals surface area contributed by atoms with Crippen molar-refractivity contribution in [3.05, 3.63) is 53.5 Å². The largest absolute Gasteiger partial charge is 0.461 e. The minimum absolute atomic E-state index is 0.940. The molecular weight excluding hydrogens is 360 g/mol. The smallest absolute Gasteiger partial charge is 0.155 e. The lowest BCUT2D eigenvalue weighted by atomic mass is 10.0. The summed E-state index contributed by atoms with van der Waals surface area (Å²) in [6.07, 6.45) is 10.2. The number of aromatic nitrogens is 3. The molecule has 1 saturated heterocycles. The third-order valence-electron chi connectivity index (χ3n) is 6.52. The first-order valence-electron chi connectivity index (χ1n) is 11.0. The van der Waals surface area contributed by atoms with Crippen molar-refractivity contribution in [3.63, 3.8) is 0 Å². The zero-order valence-corrected chi connectivity index (χ0v) is 16.7. The molecule has 0 atom stereocenters. The maximum Gasteiger partial charge on any atom is 0.155 e. The van der Waals surface area contributed by atoms with Gasteiger partial charge in [0.05, 0.1) is 11.9 Å². The Labute approximate surface area is 170 Å². The fourth-order valence-corrected chi connectivity index (χ4v) is 5.04. The molecule has 0 amide bonds. The van der Waals surface area contributed by atoms with Crippen molar-refractivity contribution in [2.45, 2.75) is 44.9 Å². The third-order valence-corrected chi connectivity index (χ3v) is 6.52. The predicted octanol–water partition coefficient (Wildman–Crippen LogP) is 4.66. The van der Waals surface area contributed by atoms with E-state index in [0.29, 0.717) is 0 Å². The molecule has 6 rings (SSSR count). The summed E-state index contributed by atoms with van der Waals surface area (Å²) < 4.78 is 8.16. The third kappa shape index (κ3) is 3.04. The number of nitrogens with zero attached hydrogens (tertiary/aromatic N) is 4. The molecule has 1 aromatic carbocycles. The molecule has 148 valence electrons. The lowest BCUT2D eigenvalue weighted by Crippen LogP contribution is -2.31. The molecule has 0 saturated carbocycles. The van der Waals surface area contributed by atoms with Gasteiger partial charge in [0.1, 0.15) is 11.3 Å². The topological polar surface area (TPSA) is 46.6 Å². The Balaban J connectivity index is 1.35. The molecule has 5 nitrogen and oxygen atoms in total. The van der Waals surface area contributed by atoms with Gasteiger partial charge >= 0.3 is 0 Å². The van der Waals surface area contributed by atoms with Crippen LogP contribution in [0.15, 0.2) is 40.9 Å². The van der Waals surface area contributed by atoms with Gasteiger partial charge in [-0.15, -0.1) is 0 Å². The maximum atomic E-state index is 6.15. The van der Waals surface area contributed by atoms with Gasteiger partial charge in [-0.25, -0.2) is 9.50 Å². The molecule has 3 aromatic heterocycles. The van der Waals surface area contributed by atoms with Gasteiger partial charge in [0.15, 0.2) is 5.65 Å². The number of hydrogen-bond acceptors (Lipinski definition) is 4. The first-order valence-corrected chi connectivity index (χ1v) is 11.0. The highest BCUT2D eigenvalue weighted by Crippen LogP contribution is 2.34. The van der Waals surface area contributed by atoms with E-state index >= 15 is 0 Å². The SMILES string of the molecule is c1cc2nc3c(c(-c4ccc5oc(CCN6CCCCC6)cc5c4)n2n1)CCC3. The van der Waals surface area contributed by atoms with Crippen molar-refractivity contribution in [1.29, 1.82) is 0 Å². The minimum atomic E-state index is 0.940. The van der Waals surface area contributed by atoms with Crippen molar-refractivity contribution in [1.82, 2.24) is 19.5 Å². The number of benzene rings is 1. The van der Waals surface area contributed by atoms with Gasteiger partial charge in [0.25, 0.3) is 0 Å². The van der Waals surface area contributed by atoms with Crippen LogP contribution in [0.25, 0.3) is 27.9 Å². The Kier molecular flexibility index (Phi) is 4.15. The van der Waals surface area contributed by atoms with Crippen molar-refractivity contribution in [2.24, 2.45) is 0 Å². The minimum Gasteiger partial charge on any atom is -0.461 e. The van der Waals surface area contributed by atoms with Crippen LogP contribution in [-0.2, 0) is 19.3 Å². The van der Waals surface area contributed by atoms with Gasteiger partial charge in [-0.3, -0.25) is 0 Å². The molecule has 0 radical (unpaired) electrons. The van der Waals surface area contributed by atoms with E-state index in [4.69, 9.17) is 9.40 Å². The summed E-state index contributed by atoms with van der Waals surface area (Å²) in [6, 6.07) is 10.8. The standard InChI is InChI=1S/C24H26N4O/c1-2-12-27(13-3-1)14-10-19-16-18-15-17(7-8-22(18)29-19)24-20-5-4-6-21(20)26-23-9-11-25-28(23)24/h7-9,11,15-16H,1-6,10,12-14H2. The van der Waals surface area contributed by atoms with Gasteiger partial charge in [-0.2, -0.15) is 5.10 Å². The highest BCUT2D eigenvalue weighted by molar-refractivity contribution is 5.84. The first kappa shape index (κ1) is 17.2. The molecule has 1 aliphatic carbocycles. The van der Waals surface area contributed by atoms with Crippen molar-refractivity contribution >= 4 is 16.6 Å². The van der Waals surface area contributed by atoms with Crippen molar-refractivity contribution < 1.29 is 4.42 Å². The molecule has 4 aromatic rings. The van der Waals surface area contributed by atoms with Crippen LogP contribution in [0.2, 0.25) is 0 Å². The first-order chi connectivity index (χ1) is 14.3. The molecule has 4 heterocycles. The van der Waals surface area contributed by atoms with E-state index < -0.39 is 0 Å². The number of rotatable bonds is 4. The Bertz CT molecular complexity index is 1180. The summed E-state index contributed by atoms with van der Waals surface area (Å²) in [6.45, 7) is 3.56. The molecule has 5 heteroatoms. The summed E-state index contributed by atoms with van der Waals surface area (Å²) in [5.41, 5.74) is 6.91. The highest BCUT2D eigenvalue weighted by atomic mass is 16.3. The second kappa shape index (κ2) is 6.99. The van der Waals surface area contributed by atoms with Gasteiger partial charge in [0, 0.05) is 41.2 Å². The van der Waals surface area contributed by atoms with Crippen LogP contribution in [0.5, 0.6) is 0 Å². The summed E-state index contributed by atoms with van der Waals surface area (Å²) in [5, 5.41) is 5.74. The van der Waals surface area contributed by atoms with Crippen LogP contribution >= 0.6 is 0 Å². The highest BCUT2D eigenvalue weighted by Gasteiger charge is 2.22. The normalized spacial score (nSPS) is 17.4. The Hall–Kier alpha value is -2.66. The van der Waals surface area contributed by atoms with Crippen molar-refractivity contribution in [2.75, 3.05) is 19.6 Å². The lowest BCUT2D eigenvalue weighted by molar-refractivity contribution is 0.227. The van der Waals surface area contributed by atoms with E-state index in [2.05, 4.69) is 34.3 Å². The van der Waals surface area contributed by atoms with E-state index in [1.165, 1.54) is 66.7 Å². The second-order valence-electron chi connectivity index (χ2n) is 8.46. The molecule has 0 spiro atoms. The zero-order valence-electron chi connectivity index (χ0n) is 16.7. The van der Waals surface area contributed by atoms with Gasteiger partial charge in [-0.05, 0) is 69.5 Å². The maximum absolute atomic E-state index is 6.15. The van der Waals surface area contributed by atoms with E-state index in [-0.39, 0.29) is 0 Å². The Morgan fingerprint density at radius 3 is 2.83 bits per heavy atom. The van der Waals surface area contributed by atoms with Gasteiger partial charge in [0.2, 0.25) is 0 Å². The average Bonchev–Trinajstić information content (AvgIpc) is 3.49. The van der Waals surface area contributed by atoms with Crippen LogP contribution < -0.4 is 0 Å². The van der Waals surface area contributed by atoms with Crippen LogP contribution in [0.4, 0.5) is 0 Å². The molecule has 29 heavy (non-hydrogen) atoms. The predicted molar refractivity (Wildman–Crippen MR) is 114 cm³/mol. The summed E-state index contributed by atoms with van der Waals surface area (Å²) in [5.74, 6) is 1.09. The number of hydrogen-bond donors (Lipinski definition) is 0. The zero-order chi connectivity index (χ0) is 19.2. The summed E-state index contributed by atoms with van der Waals surface area (Å²) in [7, 11) is 0. The summed E-state index contributed by atoms with van der Waals surface area (Å²) in [4.78, 5) is 7.38. The fourth-order valence-electron chi connectivity index (χ4n) is 5.04. The number of piperidine rings is 1. The Morgan fingerprint density at radius 1 is 0.966 bits per heavy atom. The van der Waals surface area contributed by atoms with E-state index in [1.54, 1.807) is 0 Å². The molecule has 0 bridgehead atoms. The van der Waals surface area contributed by atoms with Crippen molar-refractivity contribution in [3.8, 4) is 11.3 Å². The van der Waals surface area contributed by atoms with Crippen LogP contribution in [-0.4, -0.2) is 39.1 Å².